The molecule has 94 valence electrons. The van der Waals surface area contributed by atoms with Crippen LogP contribution in [0, 0.1) is 6.92 Å². The molecule has 0 atom stereocenters. The zero-order valence-corrected chi connectivity index (χ0v) is 11.6. The Morgan fingerprint density at radius 1 is 1.33 bits per heavy atom. The first-order valence-corrected chi connectivity index (χ1v) is 6.91. The summed E-state index contributed by atoms with van der Waals surface area (Å²) in [4.78, 5) is 15.1. The molecular formula is C13H16N4S. The van der Waals surface area contributed by atoms with Crippen molar-refractivity contribution in [1.82, 2.24) is 15.0 Å². The van der Waals surface area contributed by atoms with Gasteiger partial charge in [-0.25, -0.2) is 9.97 Å². The van der Waals surface area contributed by atoms with Crippen molar-refractivity contribution < 1.29 is 0 Å². The molecule has 2 rings (SSSR count). The molecule has 0 aliphatic heterocycles. The molecule has 0 bridgehead atoms. The molecule has 2 heterocycles. The van der Waals surface area contributed by atoms with Crippen molar-refractivity contribution in [2.24, 2.45) is 0 Å². The minimum absolute atomic E-state index is 0.790. The minimum atomic E-state index is 0.790. The Bertz CT molecular complexity index is 516. The van der Waals surface area contributed by atoms with Crippen LogP contribution in [0.4, 0.5) is 5.82 Å². The number of pyridine rings is 1. The van der Waals surface area contributed by atoms with E-state index in [-0.39, 0.29) is 0 Å². The Labute approximate surface area is 111 Å². The van der Waals surface area contributed by atoms with Crippen molar-refractivity contribution in [2.75, 3.05) is 18.2 Å². The third-order valence-corrected chi connectivity index (χ3v) is 3.08. The van der Waals surface area contributed by atoms with E-state index in [1.165, 1.54) is 5.56 Å². The van der Waals surface area contributed by atoms with E-state index < -0.39 is 0 Å². The molecule has 0 unspecified atom stereocenters. The minimum Gasteiger partial charge on any atom is -0.355 e. The highest BCUT2D eigenvalue weighted by molar-refractivity contribution is 7.98. The Hall–Kier alpha value is -1.62. The molecule has 0 saturated carbocycles. The lowest BCUT2D eigenvalue weighted by molar-refractivity contribution is 0.843. The Balaban J connectivity index is 2.18. The fourth-order valence-corrected chi connectivity index (χ4v) is 2.08. The maximum absolute atomic E-state index is 4.51. The summed E-state index contributed by atoms with van der Waals surface area (Å²) in [5, 5.41) is 0.808. The molecule has 0 spiro atoms. The van der Waals surface area contributed by atoms with E-state index in [2.05, 4.69) is 25.9 Å². The second-order valence-electron chi connectivity index (χ2n) is 4.07. The third kappa shape index (κ3) is 3.20. The summed E-state index contributed by atoms with van der Waals surface area (Å²) in [5.41, 5.74) is 2.16. The van der Waals surface area contributed by atoms with Crippen molar-refractivity contribution >= 4 is 17.6 Å². The predicted octanol–water partition coefficient (Wildman–Crippen LogP) is 2.54. The number of nitrogens with zero attached hydrogens (tertiary/aromatic N) is 4. The summed E-state index contributed by atoms with van der Waals surface area (Å²) in [7, 11) is 2.03. The second-order valence-corrected chi connectivity index (χ2v) is 4.84. The molecule has 0 radical (unpaired) electrons. The van der Waals surface area contributed by atoms with Gasteiger partial charge in [0.25, 0.3) is 0 Å². The molecule has 2 aromatic heterocycles. The predicted molar refractivity (Wildman–Crippen MR) is 74.9 cm³/mol. The van der Waals surface area contributed by atoms with Gasteiger partial charge in [-0.3, -0.25) is 4.98 Å². The summed E-state index contributed by atoms with van der Waals surface area (Å²) >= 11 is 1.56. The largest absolute Gasteiger partial charge is 0.355 e. The lowest BCUT2D eigenvalue weighted by Gasteiger charge is -2.18. The van der Waals surface area contributed by atoms with Crippen LogP contribution in [0.25, 0.3) is 0 Å². The van der Waals surface area contributed by atoms with Crippen LogP contribution >= 0.6 is 11.8 Å². The first kappa shape index (κ1) is 12.8. The van der Waals surface area contributed by atoms with Crippen molar-refractivity contribution in [3.8, 4) is 0 Å². The number of thioether (sulfide) groups is 1. The molecule has 0 aliphatic rings. The maximum Gasteiger partial charge on any atom is 0.189 e. The van der Waals surface area contributed by atoms with Gasteiger partial charge in [-0.1, -0.05) is 17.8 Å². The van der Waals surface area contributed by atoms with Gasteiger partial charge < -0.3 is 4.90 Å². The SMILES string of the molecule is CSc1nc(C)cc(N(C)Cc2cccnc2)n1. The van der Waals surface area contributed by atoms with E-state index in [4.69, 9.17) is 0 Å². The molecule has 0 aliphatic carbocycles. The zero-order valence-electron chi connectivity index (χ0n) is 10.8. The smallest absolute Gasteiger partial charge is 0.189 e. The van der Waals surface area contributed by atoms with E-state index in [1.54, 1.807) is 18.0 Å². The molecule has 0 N–H and O–H groups in total. The third-order valence-electron chi connectivity index (χ3n) is 2.54. The summed E-state index contributed by atoms with van der Waals surface area (Å²) in [6, 6.07) is 6.00. The molecule has 0 fully saturated rings. The highest BCUT2D eigenvalue weighted by atomic mass is 32.2. The van der Waals surface area contributed by atoms with Crippen LogP contribution in [0.5, 0.6) is 0 Å². The van der Waals surface area contributed by atoms with Crippen LogP contribution in [0.2, 0.25) is 0 Å². The van der Waals surface area contributed by atoms with Crippen LogP contribution in [0.15, 0.2) is 35.7 Å². The summed E-state index contributed by atoms with van der Waals surface area (Å²) in [5.74, 6) is 0.940. The van der Waals surface area contributed by atoms with Crippen molar-refractivity contribution in [3.05, 3.63) is 41.9 Å². The van der Waals surface area contributed by atoms with Gasteiger partial charge in [-0.15, -0.1) is 0 Å². The average molecular weight is 260 g/mol. The van der Waals surface area contributed by atoms with E-state index in [1.807, 2.05) is 38.6 Å². The van der Waals surface area contributed by atoms with Gasteiger partial charge in [-0.05, 0) is 24.8 Å². The van der Waals surface area contributed by atoms with Crippen LogP contribution in [0.3, 0.4) is 0 Å². The van der Waals surface area contributed by atoms with Crippen LogP contribution in [0.1, 0.15) is 11.3 Å². The van der Waals surface area contributed by atoms with E-state index in [0.717, 1.165) is 23.2 Å². The molecule has 4 nitrogen and oxygen atoms in total. The average Bonchev–Trinajstić information content (AvgIpc) is 2.39. The van der Waals surface area contributed by atoms with Crippen LogP contribution in [-0.4, -0.2) is 28.3 Å². The first-order valence-electron chi connectivity index (χ1n) is 5.69. The Morgan fingerprint density at radius 3 is 2.83 bits per heavy atom. The van der Waals surface area contributed by atoms with Gasteiger partial charge in [0.05, 0.1) is 0 Å². The zero-order chi connectivity index (χ0) is 13.0. The van der Waals surface area contributed by atoms with Crippen LogP contribution < -0.4 is 4.90 Å². The molecule has 0 saturated heterocycles. The van der Waals surface area contributed by atoms with Gasteiger partial charge in [0.1, 0.15) is 5.82 Å². The van der Waals surface area contributed by atoms with E-state index in [9.17, 15) is 0 Å². The van der Waals surface area contributed by atoms with Crippen molar-refractivity contribution in [1.29, 1.82) is 0 Å². The number of hydrogen-bond donors (Lipinski definition) is 0. The van der Waals surface area contributed by atoms with Gasteiger partial charge >= 0.3 is 0 Å². The van der Waals surface area contributed by atoms with Gasteiger partial charge in [-0.2, -0.15) is 0 Å². The molecule has 5 heteroatoms. The first-order chi connectivity index (χ1) is 8.69. The fraction of sp³-hybridized carbons (Fsp3) is 0.308. The monoisotopic (exact) mass is 260 g/mol. The number of aryl methyl sites for hydroxylation is 1. The lowest BCUT2D eigenvalue weighted by atomic mass is 10.2. The van der Waals surface area contributed by atoms with E-state index in [0.29, 0.717) is 0 Å². The normalized spacial score (nSPS) is 10.4. The Morgan fingerprint density at radius 2 is 2.17 bits per heavy atom. The topological polar surface area (TPSA) is 41.9 Å². The summed E-state index contributed by atoms with van der Waals surface area (Å²) < 4.78 is 0. The standard InChI is InChI=1S/C13H16N4S/c1-10-7-12(16-13(15-10)18-3)17(2)9-11-5-4-6-14-8-11/h4-8H,9H2,1-3H3. The quantitative estimate of drug-likeness (QED) is 0.624. The number of aromatic nitrogens is 3. The highest BCUT2D eigenvalue weighted by Gasteiger charge is 2.07. The number of hydrogen-bond acceptors (Lipinski definition) is 5. The number of anilines is 1. The van der Waals surface area contributed by atoms with Crippen molar-refractivity contribution in [3.63, 3.8) is 0 Å². The van der Waals surface area contributed by atoms with Crippen LogP contribution in [-0.2, 0) is 6.54 Å². The van der Waals surface area contributed by atoms with E-state index >= 15 is 0 Å². The molecule has 18 heavy (non-hydrogen) atoms. The molecule has 2 aromatic rings. The molecule has 0 aromatic carbocycles. The molecular weight excluding hydrogens is 244 g/mol. The number of rotatable bonds is 4. The Kier molecular flexibility index (Phi) is 4.15. The maximum atomic E-state index is 4.51. The van der Waals surface area contributed by atoms with Crippen molar-refractivity contribution in [2.45, 2.75) is 18.6 Å². The fourth-order valence-electron chi connectivity index (χ4n) is 1.66. The molecule has 0 amide bonds. The van der Waals surface area contributed by atoms with Gasteiger partial charge in [0.15, 0.2) is 5.16 Å². The summed E-state index contributed by atoms with van der Waals surface area (Å²) in [6.45, 7) is 2.78. The summed E-state index contributed by atoms with van der Waals surface area (Å²) in [6.07, 6.45) is 5.64. The van der Waals surface area contributed by atoms with Gasteiger partial charge in [0, 0.05) is 37.7 Å². The second kappa shape index (κ2) is 5.82. The highest BCUT2D eigenvalue weighted by Crippen LogP contribution is 2.17. The lowest BCUT2D eigenvalue weighted by Crippen LogP contribution is -2.18. The van der Waals surface area contributed by atoms with Gasteiger partial charge in [0.2, 0.25) is 0 Å².